The fraction of sp³-hybridized carbons (Fsp3) is 0.154. The largest absolute Gasteiger partial charge is 0.310 e. The van der Waals surface area contributed by atoms with Gasteiger partial charge in [-0.1, -0.05) is 42.8 Å². The third kappa shape index (κ3) is 2.25. The van der Waals surface area contributed by atoms with Crippen LogP contribution in [0.3, 0.4) is 0 Å². The van der Waals surface area contributed by atoms with E-state index in [4.69, 9.17) is 0 Å². The molecular formula is C26H21NS. The molecule has 0 spiro atoms. The number of fused-ring (bicyclic) bond motifs is 6. The van der Waals surface area contributed by atoms with Gasteiger partial charge in [0.25, 0.3) is 0 Å². The summed E-state index contributed by atoms with van der Waals surface area (Å²) in [5.41, 5.74) is 6.72. The quantitative estimate of drug-likeness (QED) is 0.284. The summed E-state index contributed by atoms with van der Waals surface area (Å²) >= 11 is 1.90. The number of para-hydroxylation sites is 1. The van der Waals surface area contributed by atoms with E-state index in [1.165, 1.54) is 53.6 Å². The lowest BCUT2D eigenvalue weighted by Gasteiger charge is -2.15. The maximum absolute atomic E-state index is 2.45. The van der Waals surface area contributed by atoms with Gasteiger partial charge in [0.15, 0.2) is 0 Å². The van der Waals surface area contributed by atoms with Crippen LogP contribution < -0.4 is 0 Å². The van der Waals surface area contributed by atoms with E-state index in [1.54, 1.807) is 0 Å². The van der Waals surface area contributed by atoms with Crippen LogP contribution in [0.15, 0.2) is 66.7 Å². The van der Waals surface area contributed by atoms with Gasteiger partial charge >= 0.3 is 0 Å². The van der Waals surface area contributed by atoms with Gasteiger partial charge < -0.3 is 4.57 Å². The van der Waals surface area contributed by atoms with Crippen molar-refractivity contribution in [3.63, 3.8) is 0 Å². The summed E-state index contributed by atoms with van der Waals surface area (Å²) in [6, 6.07) is 22.5. The Morgan fingerprint density at radius 2 is 1.71 bits per heavy atom. The molecule has 2 heteroatoms. The van der Waals surface area contributed by atoms with Gasteiger partial charge in [0.2, 0.25) is 0 Å². The molecule has 3 aromatic carbocycles. The molecule has 0 saturated carbocycles. The third-order valence-electron chi connectivity index (χ3n) is 5.98. The van der Waals surface area contributed by atoms with Crippen LogP contribution in [0.5, 0.6) is 0 Å². The monoisotopic (exact) mass is 379 g/mol. The highest BCUT2D eigenvalue weighted by atomic mass is 32.1. The Morgan fingerprint density at radius 3 is 2.57 bits per heavy atom. The van der Waals surface area contributed by atoms with Crippen LogP contribution in [-0.2, 0) is 6.42 Å². The van der Waals surface area contributed by atoms with Crippen molar-refractivity contribution in [2.24, 2.45) is 5.92 Å². The van der Waals surface area contributed by atoms with E-state index in [9.17, 15) is 0 Å². The highest BCUT2D eigenvalue weighted by molar-refractivity contribution is 7.25. The normalized spacial score (nSPS) is 16.3. The van der Waals surface area contributed by atoms with E-state index >= 15 is 0 Å². The standard InChI is InChI=1S/C26H21NS/c1-16-8-10-23-19(12-16)20-14-22-21-13-17(2)9-11-25(21)28-26(22)15-24(20)27(23)18-6-4-3-5-7-18/h3-11,13-16H,12H2,1-2H3. The zero-order valence-corrected chi connectivity index (χ0v) is 16.9. The van der Waals surface area contributed by atoms with Gasteiger partial charge in [-0.3, -0.25) is 0 Å². The van der Waals surface area contributed by atoms with Crippen LogP contribution in [0.2, 0.25) is 0 Å². The van der Waals surface area contributed by atoms with Crippen molar-refractivity contribution in [2.75, 3.05) is 0 Å². The van der Waals surface area contributed by atoms with E-state index in [0.29, 0.717) is 5.92 Å². The Hall–Kier alpha value is -2.84. The summed E-state index contributed by atoms with van der Waals surface area (Å²) in [5, 5.41) is 4.19. The van der Waals surface area contributed by atoms with E-state index in [0.717, 1.165) is 6.42 Å². The predicted molar refractivity (Wildman–Crippen MR) is 123 cm³/mol. The second-order valence-electron chi connectivity index (χ2n) is 8.04. The van der Waals surface area contributed by atoms with Crippen molar-refractivity contribution in [2.45, 2.75) is 20.3 Å². The van der Waals surface area contributed by atoms with Crippen molar-refractivity contribution in [1.82, 2.24) is 4.57 Å². The minimum absolute atomic E-state index is 0.583. The highest BCUT2D eigenvalue weighted by Crippen LogP contribution is 2.41. The number of allylic oxidation sites excluding steroid dienone is 1. The van der Waals surface area contributed by atoms with Crippen molar-refractivity contribution < 1.29 is 0 Å². The van der Waals surface area contributed by atoms with E-state index < -0.39 is 0 Å². The molecule has 0 bridgehead atoms. The number of rotatable bonds is 1. The first-order valence-electron chi connectivity index (χ1n) is 9.93. The molecule has 0 aliphatic heterocycles. The molecule has 0 fully saturated rings. The van der Waals surface area contributed by atoms with E-state index in [1.807, 2.05) is 11.3 Å². The van der Waals surface area contributed by atoms with Gasteiger partial charge in [-0.2, -0.15) is 0 Å². The molecule has 1 aliphatic rings. The molecule has 0 saturated heterocycles. The van der Waals surface area contributed by atoms with Gasteiger partial charge in [-0.05, 0) is 67.3 Å². The van der Waals surface area contributed by atoms with Gasteiger partial charge in [-0.25, -0.2) is 0 Å². The SMILES string of the molecule is Cc1ccc2sc3cc4c(cc3c2c1)c1c(n4-c2ccccc2)C=CC(C)C1. The second-order valence-corrected chi connectivity index (χ2v) is 9.13. The molecule has 5 aromatic rings. The number of aryl methyl sites for hydroxylation is 1. The molecule has 6 rings (SSSR count). The topological polar surface area (TPSA) is 4.93 Å². The lowest BCUT2D eigenvalue weighted by Crippen LogP contribution is -2.05. The van der Waals surface area contributed by atoms with Crippen LogP contribution >= 0.6 is 11.3 Å². The fourth-order valence-corrected chi connectivity index (χ4v) is 5.75. The van der Waals surface area contributed by atoms with Crippen molar-refractivity contribution in [3.8, 4) is 5.69 Å². The summed E-state index contributed by atoms with van der Waals surface area (Å²) in [5.74, 6) is 0.583. The summed E-state index contributed by atoms with van der Waals surface area (Å²) in [6.07, 6.45) is 5.78. The summed E-state index contributed by atoms with van der Waals surface area (Å²) in [6.45, 7) is 4.49. The first-order valence-corrected chi connectivity index (χ1v) is 10.7. The molecule has 0 radical (unpaired) electrons. The number of hydrogen-bond acceptors (Lipinski definition) is 1. The average molecular weight is 380 g/mol. The summed E-state index contributed by atoms with van der Waals surface area (Å²) < 4.78 is 5.20. The highest BCUT2D eigenvalue weighted by Gasteiger charge is 2.22. The van der Waals surface area contributed by atoms with E-state index in [2.05, 4.69) is 91.2 Å². The van der Waals surface area contributed by atoms with Crippen LogP contribution in [0, 0.1) is 12.8 Å². The number of thiophene rings is 1. The lowest BCUT2D eigenvalue weighted by atomic mass is 9.93. The van der Waals surface area contributed by atoms with E-state index in [-0.39, 0.29) is 0 Å². The van der Waals surface area contributed by atoms with Crippen molar-refractivity contribution >= 4 is 48.5 Å². The molecular weight excluding hydrogens is 358 g/mol. The smallest absolute Gasteiger partial charge is 0.0552 e. The molecule has 1 aliphatic carbocycles. The molecule has 2 heterocycles. The maximum atomic E-state index is 2.45. The Balaban J connectivity index is 1.77. The molecule has 28 heavy (non-hydrogen) atoms. The fourth-order valence-electron chi connectivity index (χ4n) is 4.65. The molecule has 1 nitrogen and oxygen atoms in total. The van der Waals surface area contributed by atoms with Crippen LogP contribution in [0.1, 0.15) is 23.7 Å². The second kappa shape index (κ2) is 5.83. The van der Waals surface area contributed by atoms with Crippen LogP contribution in [0.25, 0.3) is 42.8 Å². The minimum atomic E-state index is 0.583. The number of aromatic nitrogens is 1. The number of benzene rings is 3. The Labute approximate surface area is 168 Å². The number of nitrogens with zero attached hydrogens (tertiary/aromatic N) is 1. The Bertz CT molecular complexity index is 1400. The number of hydrogen-bond donors (Lipinski definition) is 0. The Morgan fingerprint density at radius 1 is 0.893 bits per heavy atom. The molecule has 136 valence electrons. The molecule has 1 atom stereocenters. The van der Waals surface area contributed by atoms with Crippen molar-refractivity contribution in [1.29, 1.82) is 0 Å². The first kappa shape index (κ1) is 16.1. The predicted octanol–water partition coefficient (Wildman–Crippen LogP) is 7.51. The van der Waals surface area contributed by atoms with Gasteiger partial charge in [-0.15, -0.1) is 11.3 Å². The summed E-state index contributed by atoms with van der Waals surface area (Å²) in [4.78, 5) is 0. The third-order valence-corrected chi connectivity index (χ3v) is 7.12. The zero-order chi connectivity index (χ0) is 18.8. The Kier molecular flexibility index (Phi) is 3.36. The van der Waals surface area contributed by atoms with Gasteiger partial charge in [0.05, 0.1) is 5.52 Å². The summed E-state index contributed by atoms with van der Waals surface area (Å²) in [7, 11) is 0. The average Bonchev–Trinajstić information content (AvgIpc) is 3.21. The van der Waals surface area contributed by atoms with Crippen LogP contribution in [0.4, 0.5) is 0 Å². The maximum Gasteiger partial charge on any atom is 0.0552 e. The zero-order valence-electron chi connectivity index (χ0n) is 16.1. The van der Waals surface area contributed by atoms with Gasteiger partial charge in [0.1, 0.15) is 0 Å². The lowest BCUT2D eigenvalue weighted by molar-refractivity contribution is 0.718. The van der Waals surface area contributed by atoms with Gasteiger partial charge in [0, 0.05) is 36.9 Å². The molecule has 0 N–H and O–H groups in total. The molecule has 0 amide bonds. The molecule has 2 aromatic heterocycles. The van der Waals surface area contributed by atoms with Crippen molar-refractivity contribution in [3.05, 3.63) is 83.6 Å². The molecule has 1 unspecified atom stereocenters. The first-order chi connectivity index (χ1) is 13.7. The van der Waals surface area contributed by atoms with Crippen LogP contribution in [-0.4, -0.2) is 4.57 Å². The minimum Gasteiger partial charge on any atom is -0.310 e.